The van der Waals surface area contributed by atoms with Crippen LogP contribution in [0.2, 0.25) is 0 Å². The van der Waals surface area contributed by atoms with Crippen LogP contribution >= 0.6 is 11.8 Å². The average molecular weight is 399 g/mol. The van der Waals surface area contributed by atoms with E-state index in [2.05, 4.69) is 9.97 Å². The second-order valence-corrected chi connectivity index (χ2v) is 8.57. The number of carbonyl (C=O) groups is 1. The number of ether oxygens (including phenoxy) is 1. The molecule has 1 aliphatic rings. The molecular weight excluding hydrogens is 372 g/mol. The summed E-state index contributed by atoms with van der Waals surface area (Å²) in [5.74, 6) is 0.459. The van der Waals surface area contributed by atoms with Crippen molar-refractivity contribution in [3.63, 3.8) is 0 Å². The van der Waals surface area contributed by atoms with E-state index in [0.29, 0.717) is 12.0 Å². The lowest BCUT2D eigenvalue weighted by Gasteiger charge is -2.29. The first-order chi connectivity index (χ1) is 13.3. The van der Waals surface area contributed by atoms with Crippen molar-refractivity contribution < 1.29 is 14.6 Å². The maximum atomic E-state index is 12.8. The summed E-state index contributed by atoms with van der Waals surface area (Å²) in [6.45, 7) is 9.85. The second-order valence-electron chi connectivity index (χ2n) is 7.53. The molecule has 0 bridgehead atoms. The molecule has 0 spiro atoms. The van der Waals surface area contributed by atoms with Crippen LogP contribution in [0.3, 0.4) is 0 Å². The first kappa shape index (κ1) is 20.4. The molecule has 2 atom stereocenters. The second kappa shape index (κ2) is 8.35. The molecule has 0 saturated carbocycles. The van der Waals surface area contributed by atoms with Crippen LogP contribution in [0.1, 0.15) is 41.3 Å². The number of thioether (sulfide) groups is 1. The molecule has 5 nitrogen and oxygen atoms in total. The molecule has 0 radical (unpaired) electrons. The van der Waals surface area contributed by atoms with Crippen molar-refractivity contribution in [2.24, 2.45) is 5.92 Å². The van der Waals surface area contributed by atoms with E-state index in [9.17, 15) is 9.90 Å². The molecule has 0 amide bonds. The number of rotatable bonds is 5. The van der Waals surface area contributed by atoms with Gasteiger partial charge in [-0.25, -0.2) is 9.78 Å². The molecule has 1 aromatic carbocycles. The lowest BCUT2D eigenvalue weighted by molar-refractivity contribution is -0.145. The summed E-state index contributed by atoms with van der Waals surface area (Å²) < 4.78 is 5.73. The fourth-order valence-electron chi connectivity index (χ4n) is 3.57. The van der Waals surface area contributed by atoms with E-state index in [1.54, 1.807) is 24.2 Å². The smallest absolute Gasteiger partial charge is 0.342 e. The Bertz CT molecular complexity index is 899. The van der Waals surface area contributed by atoms with Crippen molar-refractivity contribution >= 4 is 23.3 Å². The van der Waals surface area contributed by atoms with Crippen molar-refractivity contribution in [3.05, 3.63) is 58.2 Å². The van der Waals surface area contributed by atoms with Gasteiger partial charge in [0.25, 0.3) is 0 Å². The lowest BCUT2D eigenvalue weighted by Crippen LogP contribution is -2.32. The number of cyclic esters (lactones) is 1. The molecule has 1 aliphatic heterocycles. The summed E-state index contributed by atoms with van der Waals surface area (Å²) in [7, 11) is 0. The summed E-state index contributed by atoms with van der Waals surface area (Å²) in [5, 5.41) is 11.5. The zero-order valence-corrected chi connectivity index (χ0v) is 17.8. The molecule has 0 saturated heterocycles. The van der Waals surface area contributed by atoms with Crippen LogP contribution in [0.5, 0.6) is 0 Å². The van der Waals surface area contributed by atoms with Gasteiger partial charge in [0.05, 0.1) is 11.9 Å². The molecule has 0 fully saturated rings. The predicted molar refractivity (Wildman–Crippen MR) is 111 cm³/mol. The predicted octanol–water partition coefficient (Wildman–Crippen LogP) is 4.72. The Morgan fingerprint density at radius 3 is 2.43 bits per heavy atom. The SMILES string of the molecule is Cc1cc(C)c(C2=C(O)CC(C(C)CSc3cnc(C)cn3)OC2=O)c(C)c1. The van der Waals surface area contributed by atoms with E-state index >= 15 is 0 Å². The molecular formula is C22H26N2O3S. The topological polar surface area (TPSA) is 72.3 Å². The van der Waals surface area contributed by atoms with Crippen molar-refractivity contribution in [3.8, 4) is 0 Å². The van der Waals surface area contributed by atoms with Gasteiger partial charge in [0.2, 0.25) is 0 Å². The molecule has 1 N–H and O–H groups in total. The van der Waals surface area contributed by atoms with Gasteiger partial charge >= 0.3 is 5.97 Å². The minimum absolute atomic E-state index is 0.0703. The van der Waals surface area contributed by atoms with Gasteiger partial charge in [-0.1, -0.05) is 24.6 Å². The van der Waals surface area contributed by atoms with Crippen LogP contribution in [0.25, 0.3) is 5.57 Å². The Labute approximate surface area is 170 Å². The average Bonchev–Trinajstić information content (AvgIpc) is 2.62. The Balaban J connectivity index is 1.75. The van der Waals surface area contributed by atoms with Gasteiger partial charge in [0, 0.05) is 24.3 Å². The van der Waals surface area contributed by atoms with Crippen LogP contribution in [-0.4, -0.2) is 32.9 Å². The minimum atomic E-state index is -0.448. The molecule has 2 heterocycles. The fraction of sp³-hybridized carbons (Fsp3) is 0.409. The van der Waals surface area contributed by atoms with Crippen molar-refractivity contribution in [2.45, 2.75) is 52.2 Å². The Morgan fingerprint density at radius 1 is 1.18 bits per heavy atom. The highest BCUT2D eigenvalue weighted by Crippen LogP contribution is 2.35. The highest BCUT2D eigenvalue weighted by Gasteiger charge is 2.34. The number of aliphatic hydroxyl groups excluding tert-OH is 1. The number of nitrogens with zero attached hydrogens (tertiary/aromatic N) is 2. The lowest BCUT2D eigenvalue weighted by atomic mass is 9.89. The van der Waals surface area contributed by atoms with Gasteiger partial charge in [0.1, 0.15) is 22.5 Å². The van der Waals surface area contributed by atoms with Gasteiger partial charge in [-0.3, -0.25) is 4.98 Å². The quantitative estimate of drug-likeness (QED) is 0.580. The summed E-state index contributed by atoms with van der Waals surface area (Å²) >= 11 is 1.57. The third-order valence-electron chi connectivity index (χ3n) is 4.96. The molecule has 2 aromatic rings. The van der Waals surface area contributed by atoms with Gasteiger partial charge in [-0.05, 0) is 44.4 Å². The van der Waals surface area contributed by atoms with Crippen LogP contribution in [0, 0.1) is 33.6 Å². The molecule has 0 aliphatic carbocycles. The summed E-state index contributed by atoms with van der Waals surface area (Å²) in [4.78, 5) is 21.3. The van der Waals surface area contributed by atoms with E-state index < -0.39 is 5.97 Å². The third-order valence-corrected chi connectivity index (χ3v) is 6.16. The number of aliphatic hydroxyl groups is 1. The Hall–Kier alpha value is -2.34. The monoisotopic (exact) mass is 398 g/mol. The Morgan fingerprint density at radius 2 is 1.86 bits per heavy atom. The zero-order valence-electron chi connectivity index (χ0n) is 16.9. The van der Waals surface area contributed by atoms with Crippen LogP contribution in [0.15, 0.2) is 35.3 Å². The maximum Gasteiger partial charge on any atom is 0.342 e. The van der Waals surface area contributed by atoms with Gasteiger partial charge in [-0.15, -0.1) is 11.8 Å². The van der Waals surface area contributed by atoms with Gasteiger partial charge in [-0.2, -0.15) is 0 Å². The fourth-order valence-corrected chi connectivity index (χ4v) is 4.47. The number of benzene rings is 1. The highest BCUT2D eigenvalue weighted by molar-refractivity contribution is 7.99. The molecule has 2 unspecified atom stereocenters. The zero-order chi connectivity index (χ0) is 20.4. The number of aromatic nitrogens is 2. The first-order valence-electron chi connectivity index (χ1n) is 9.39. The van der Waals surface area contributed by atoms with Gasteiger partial charge < -0.3 is 9.84 Å². The van der Waals surface area contributed by atoms with E-state index in [1.807, 2.05) is 46.8 Å². The van der Waals surface area contributed by atoms with Crippen molar-refractivity contribution in [2.75, 3.05) is 5.75 Å². The van der Waals surface area contributed by atoms with Crippen molar-refractivity contribution in [1.29, 1.82) is 0 Å². The maximum absolute atomic E-state index is 12.8. The van der Waals surface area contributed by atoms with E-state index in [1.165, 1.54) is 0 Å². The minimum Gasteiger partial charge on any atom is -0.511 e. The highest BCUT2D eigenvalue weighted by atomic mass is 32.2. The molecule has 1 aromatic heterocycles. The molecule has 28 heavy (non-hydrogen) atoms. The normalized spacial score (nSPS) is 18.2. The standard InChI is InChI=1S/C22H26N2O3S/c1-12-6-13(2)20(14(3)7-12)21-17(25)8-18(27-22(21)26)15(4)11-28-19-10-23-16(5)9-24-19/h6-7,9-10,15,18,25H,8,11H2,1-5H3. The third kappa shape index (κ3) is 4.38. The number of hydrogen-bond acceptors (Lipinski definition) is 6. The number of esters is 1. The number of hydrogen-bond donors (Lipinski definition) is 1. The Kier molecular flexibility index (Phi) is 6.08. The number of aryl methyl sites for hydroxylation is 4. The van der Waals surface area contributed by atoms with E-state index in [4.69, 9.17) is 4.74 Å². The van der Waals surface area contributed by atoms with Crippen LogP contribution in [0.4, 0.5) is 0 Å². The molecule has 148 valence electrons. The molecule has 3 rings (SSSR count). The van der Waals surface area contributed by atoms with Crippen LogP contribution < -0.4 is 0 Å². The van der Waals surface area contributed by atoms with Crippen molar-refractivity contribution in [1.82, 2.24) is 9.97 Å². The largest absolute Gasteiger partial charge is 0.511 e. The summed E-state index contributed by atoms with van der Waals surface area (Å²) in [5.41, 5.74) is 5.03. The first-order valence-corrected chi connectivity index (χ1v) is 10.4. The van der Waals surface area contributed by atoms with Crippen LogP contribution in [-0.2, 0) is 9.53 Å². The summed E-state index contributed by atoms with van der Waals surface area (Å²) in [6.07, 6.45) is 3.46. The van der Waals surface area contributed by atoms with Gasteiger partial charge in [0.15, 0.2) is 0 Å². The van der Waals surface area contributed by atoms with E-state index in [0.717, 1.165) is 38.7 Å². The summed E-state index contributed by atoms with van der Waals surface area (Å²) in [6, 6.07) is 4.04. The van der Waals surface area contributed by atoms with E-state index in [-0.39, 0.29) is 17.8 Å². The number of carbonyl (C=O) groups excluding carboxylic acids is 1. The molecule has 6 heteroatoms.